The maximum Gasteiger partial charge on any atom is 0.337 e. The minimum absolute atomic E-state index is 0.181. The van der Waals surface area contributed by atoms with Crippen LogP contribution in [0.3, 0.4) is 0 Å². The van der Waals surface area contributed by atoms with Gasteiger partial charge >= 0.3 is 5.97 Å². The Bertz CT molecular complexity index is 512. The topological polar surface area (TPSA) is 55.4 Å². The third kappa shape index (κ3) is 4.68. The lowest BCUT2D eigenvalue weighted by atomic mass is 10.1. The van der Waals surface area contributed by atoms with Gasteiger partial charge in [-0.1, -0.05) is 6.07 Å². The molecule has 0 aromatic heterocycles. The summed E-state index contributed by atoms with van der Waals surface area (Å²) < 4.78 is 32.6. The predicted molar refractivity (Wildman–Crippen MR) is 77.3 cm³/mol. The van der Waals surface area contributed by atoms with Crippen LogP contribution < -0.4 is 4.72 Å². The standard InChI is InChI=1S/C14H20FNO3S/c1-14(2,3)20(18)16-8-7-10-5-6-11(9-12(10)15)13(17)19-4/h5-6,9,16H,7-8H2,1-4H3. The zero-order valence-electron chi connectivity index (χ0n) is 12.2. The van der Waals surface area contributed by atoms with Crippen molar-refractivity contribution in [2.24, 2.45) is 0 Å². The van der Waals surface area contributed by atoms with Gasteiger partial charge in [-0.3, -0.25) is 0 Å². The van der Waals surface area contributed by atoms with Gasteiger partial charge in [0.2, 0.25) is 0 Å². The van der Waals surface area contributed by atoms with Crippen molar-refractivity contribution in [3.8, 4) is 0 Å². The van der Waals surface area contributed by atoms with Gasteiger partial charge in [0.25, 0.3) is 0 Å². The lowest BCUT2D eigenvalue weighted by Gasteiger charge is -2.18. The Morgan fingerprint density at radius 2 is 2.05 bits per heavy atom. The second kappa shape index (κ2) is 6.95. The van der Waals surface area contributed by atoms with Crippen LogP contribution in [0.25, 0.3) is 0 Å². The third-order valence-corrected chi connectivity index (χ3v) is 4.24. The van der Waals surface area contributed by atoms with Gasteiger partial charge < -0.3 is 4.74 Å². The highest BCUT2D eigenvalue weighted by Gasteiger charge is 2.19. The van der Waals surface area contributed by atoms with Crippen LogP contribution in [0, 0.1) is 5.82 Å². The fraction of sp³-hybridized carbons (Fsp3) is 0.500. The van der Waals surface area contributed by atoms with Crippen molar-refractivity contribution >= 4 is 17.0 Å². The summed E-state index contributed by atoms with van der Waals surface area (Å²) in [5, 5.41) is 0. The molecule has 0 saturated heterocycles. The second-order valence-corrected chi connectivity index (χ2v) is 7.37. The monoisotopic (exact) mass is 301 g/mol. The number of nitrogens with one attached hydrogen (secondary N) is 1. The molecule has 0 aliphatic carbocycles. The lowest BCUT2D eigenvalue weighted by Crippen LogP contribution is -2.34. The molecule has 0 spiro atoms. The first kappa shape index (κ1) is 16.8. The maximum atomic E-state index is 13.8. The minimum atomic E-state index is -1.18. The van der Waals surface area contributed by atoms with Crippen molar-refractivity contribution in [1.82, 2.24) is 4.72 Å². The Labute approximate surface area is 121 Å². The quantitative estimate of drug-likeness (QED) is 0.848. The fourth-order valence-corrected chi connectivity index (χ4v) is 2.21. The Morgan fingerprint density at radius 1 is 1.40 bits per heavy atom. The number of esters is 1. The summed E-state index contributed by atoms with van der Waals surface area (Å²) in [5.41, 5.74) is 0.649. The number of carbonyl (C=O) groups excluding carboxylic acids is 1. The van der Waals surface area contributed by atoms with Crippen LogP contribution in [0.15, 0.2) is 18.2 Å². The van der Waals surface area contributed by atoms with Gasteiger partial charge in [0, 0.05) is 6.54 Å². The first-order valence-electron chi connectivity index (χ1n) is 6.28. The number of ether oxygens (including phenoxy) is 1. The molecular formula is C14H20FNO3S. The van der Waals surface area contributed by atoms with Crippen molar-refractivity contribution in [1.29, 1.82) is 0 Å². The summed E-state index contributed by atoms with van der Waals surface area (Å²) in [7, 11) is 0.0726. The summed E-state index contributed by atoms with van der Waals surface area (Å²) >= 11 is 0. The van der Waals surface area contributed by atoms with Crippen LogP contribution in [0.4, 0.5) is 4.39 Å². The van der Waals surface area contributed by atoms with Gasteiger partial charge in [0.05, 0.1) is 28.4 Å². The van der Waals surface area contributed by atoms with Crippen molar-refractivity contribution in [2.45, 2.75) is 31.9 Å². The van der Waals surface area contributed by atoms with E-state index < -0.39 is 22.8 Å². The molecule has 1 aromatic carbocycles. The number of hydrogen-bond donors (Lipinski definition) is 1. The van der Waals surface area contributed by atoms with E-state index in [0.717, 1.165) is 6.07 Å². The van der Waals surface area contributed by atoms with Gasteiger partial charge in [-0.15, -0.1) is 0 Å². The van der Waals surface area contributed by atoms with Gasteiger partial charge in [-0.25, -0.2) is 18.1 Å². The molecule has 0 radical (unpaired) electrons. The average molecular weight is 301 g/mol. The molecule has 4 nitrogen and oxygen atoms in total. The number of hydrogen-bond acceptors (Lipinski definition) is 3. The summed E-state index contributed by atoms with van der Waals surface area (Å²) in [6, 6.07) is 4.22. The highest BCUT2D eigenvalue weighted by molar-refractivity contribution is 7.84. The van der Waals surface area contributed by atoms with Gasteiger partial charge in [0.15, 0.2) is 0 Å². The zero-order chi connectivity index (χ0) is 15.3. The summed E-state index contributed by atoms with van der Waals surface area (Å²) in [6.07, 6.45) is 0.398. The van der Waals surface area contributed by atoms with Crippen molar-refractivity contribution in [3.05, 3.63) is 35.1 Å². The highest BCUT2D eigenvalue weighted by Crippen LogP contribution is 2.13. The molecule has 0 aliphatic heterocycles. The molecule has 1 N–H and O–H groups in total. The van der Waals surface area contributed by atoms with E-state index in [2.05, 4.69) is 9.46 Å². The molecule has 1 atom stereocenters. The van der Waals surface area contributed by atoms with Crippen molar-refractivity contribution < 1.29 is 18.1 Å². The van der Waals surface area contributed by atoms with Gasteiger partial charge in [-0.05, 0) is 44.9 Å². The molecule has 0 saturated carbocycles. The van der Waals surface area contributed by atoms with Crippen LogP contribution in [0.2, 0.25) is 0 Å². The molecule has 6 heteroatoms. The largest absolute Gasteiger partial charge is 0.465 e. The normalized spacial score (nSPS) is 13.1. The zero-order valence-corrected chi connectivity index (χ0v) is 13.0. The first-order valence-corrected chi connectivity index (χ1v) is 7.43. The van der Waals surface area contributed by atoms with E-state index in [9.17, 15) is 13.4 Å². The SMILES string of the molecule is COC(=O)c1ccc(CCNS(=O)C(C)(C)C)c(F)c1. The molecule has 1 unspecified atom stereocenters. The van der Waals surface area contributed by atoms with E-state index >= 15 is 0 Å². The molecule has 20 heavy (non-hydrogen) atoms. The van der Waals surface area contributed by atoms with Gasteiger partial charge in [-0.2, -0.15) is 0 Å². The van der Waals surface area contributed by atoms with Crippen LogP contribution in [0.5, 0.6) is 0 Å². The molecule has 0 aliphatic rings. The summed E-state index contributed by atoms with van der Waals surface area (Å²) in [6.45, 7) is 5.99. The van der Waals surface area contributed by atoms with Gasteiger partial charge in [0.1, 0.15) is 5.82 Å². The second-order valence-electron chi connectivity index (χ2n) is 5.32. The van der Waals surface area contributed by atoms with Crippen LogP contribution >= 0.6 is 0 Å². The molecular weight excluding hydrogens is 281 g/mol. The lowest BCUT2D eigenvalue weighted by molar-refractivity contribution is 0.0600. The Balaban J connectivity index is 2.62. The van der Waals surface area contributed by atoms with E-state index in [0.29, 0.717) is 18.5 Å². The summed E-state index contributed by atoms with van der Waals surface area (Å²) in [5.74, 6) is -1.03. The minimum Gasteiger partial charge on any atom is -0.465 e. The predicted octanol–water partition coefficient (Wildman–Crippen LogP) is 2.21. The van der Waals surface area contributed by atoms with E-state index in [1.165, 1.54) is 13.2 Å². The van der Waals surface area contributed by atoms with Crippen molar-refractivity contribution in [3.63, 3.8) is 0 Å². The van der Waals surface area contributed by atoms with Crippen LogP contribution in [-0.4, -0.2) is 28.6 Å². The fourth-order valence-electron chi connectivity index (χ4n) is 1.49. The number of methoxy groups -OCH3 is 1. The molecule has 112 valence electrons. The molecule has 1 aromatic rings. The van der Waals surface area contributed by atoms with E-state index in [1.54, 1.807) is 6.07 Å². The van der Waals surface area contributed by atoms with E-state index in [-0.39, 0.29) is 10.3 Å². The van der Waals surface area contributed by atoms with E-state index in [4.69, 9.17) is 0 Å². The van der Waals surface area contributed by atoms with Crippen LogP contribution in [-0.2, 0) is 22.1 Å². The Kier molecular flexibility index (Phi) is 5.83. The Hall–Kier alpha value is -1.27. The number of rotatable bonds is 5. The third-order valence-electron chi connectivity index (χ3n) is 2.66. The van der Waals surface area contributed by atoms with Crippen LogP contribution in [0.1, 0.15) is 36.7 Å². The Morgan fingerprint density at radius 3 is 2.55 bits per heavy atom. The molecule has 0 heterocycles. The highest BCUT2D eigenvalue weighted by atomic mass is 32.2. The van der Waals surface area contributed by atoms with Crippen molar-refractivity contribution in [2.75, 3.05) is 13.7 Å². The molecule has 0 bridgehead atoms. The summed E-state index contributed by atoms with van der Waals surface area (Å²) in [4.78, 5) is 11.2. The number of halogens is 1. The molecule has 1 rings (SSSR count). The van der Waals surface area contributed by atoms with E-state index in [1.807, 2.05) is 20.8 Å². The number of carbonyl (C=O) groups is 1. The smallest absolute Gasteiger partial charge is 0.337 e. The first-order chi connectivity index (χ1) is 9.25. The number of benzene rings is 1. The maximum absolute atomic E-state index is 13.8. The average Bonchev–Trinajstić information content (AvgIpc) is 2.38. The molecule has 0 amide bonds. The molecule has 0 fully saturated rings.